The van der Waals surface area contributed by atoms with Crippen LogP contribution in [0.1, 0.15) is 36.8 Å². The molecule has 6 heteroatoms. The van der Waals surface area contributed by atoms with E-state index in [0.29, 0.717) is 11.4 Å². The number of carboxylic acid groups (broad SMARTS) is 1. The van der Waals surface area contributed by atoms with Crippen LogP contribution in [-0.2, 0) is 5.41 Å². The maximum atomic E-state index is 13.0. The number of aromatic nitrogens is 2. The lowest BCUT2D eigenvalue weighted by Gasteiger charge is -2.15. The average molecular weight is 292 g/mol. The highest BCUT2D eigenvalue weighted by molar-refractivity contribution is 5.92. The zero-order chi connectivity index (χ0) is 15.8. The molecule has 0 saturated heterocycles. The molecule has 2 aromatic rings. The standard InChI is InChI=1S/C15H17FN2O3/c1-15(2,3)12-11(14(19)20)13(21-4)18(17-12)10-7-5-9(16)6-8-10/h5-8H,1-4H3,(H,19,20). The van der Waals surface area contributed by atoms with Crippen LogP contribution in [0.4, 0.5) is 4.39 Å². The van der Waals surface area contributed by atoms with Crippen LogP contribution in [0.3, 0.4) is 0 Å². The van der Waals surface area contributed by atoms with Crippen LogP contribution in [0.5, 0.6) is 5.88 Å². The van der Waals surface area contributed by atoms with Crippen LogP contribution >= 0.6 is 0 Å². The molecule has 21 heavy (non-hydrogen) atoms. The first-order valence-corrected chi connectivity index (χ1v) is 6.42. The van der Waals surface area contributed by atoms with Gasteiger partial charge in [-0.15, -0.1) is 0 Å². The maximum Gasteiger partial charge on any atom is 0.343 e. The Morgan fingerprint density at radius 2 is 1.86 bits per heavy atom. The Labute approximate surface area is 122 Å². The quantitative estimate of drug-likeness (QED) is 0.944. The van der Waals surface area contributed by atoms with Crippen molar-refractivity contribution in [3.05, 3.63) is 41.3 Å². The Hall–Kier alpha value is -2.37. The SMILES string of the molecule is COc1c(C(=O)O)c(C(C)(C)C)nn1-c1ccc(F)cc1. The summed E-state index contributed by atoms with van der Waals surface area (Å²) in [6.07, 6.45) is 0. The van der Waals surface area contributed by atoms with Crippen LogP contribution in [0, 0.1) is 5.82 Å². The van der Waals surface area contributed by atoms with Gasteiger partial charge in [-0.05, 0) is 24.3 Å². The highest BCUT2D eigenvalue weighted by atomic mass is 19.1. The summed E-state index contributed by atoms with van der Waals surface area (Å²) in [7, 11) is 1.38. The fourth-order valence-corrected chi connectivity index (χ4v) is 2.07. The number of benzene rings is 1. The van der Waals surface area contributed by atoms with Crippen molar-refractivity contribution < 1.29 is 19.0 Å². The summed E-state index contributed by atoms with van der Waals surface area (Å²) in [5.41, 5.74) is 0.503. The fraction of sp³-hybridized carbons (Fsp3) is 0.333. The number of carbonyl (C=O) groups is 1. The second kappa shape index (κ2) is 5.20. The van der Waals surface area contributed by atoms with Crippen molar-refractivity contribution in [2.75, 3.05) is 7.11 Å². The molecule has 0 spiro atoms. The smallest absolute Gasteiger partial charge is 0.343 e. The summed E-state index contributed by atoms with van der Waals surface area (Å²) in [4.78, 5) is 11.6. The van der Waals surface area contributed by atoms with Crippen LogP contribution in [-0.4, -0.2) is 28.0 Å². The lowest BCUT2D eigenvalue weighted by atomic mass is 9.89. The zero-order valence-electron chi connectivity index (χ0n) is 12.3. The molecule has 0 fully saturated rings. The van der Waals surface area contributed by atoms with Gasteiger partial charge < -0.3 is 9.84 Å². The van der Waals surface area contributed by atoms with Crippen molar-refractivity contribution >= 4 is 5.97 Å². The van der Waals surface area contributed by atoms with Gasteiger partial charge >= 0.3 is 5.97 Å². The van der Waals surface area contributed by atoms with Gasteiger partial charge in [-0.3, -0.25) is 0 Å². The molecule has 0 amide bonds. The van der Waals surface area contributed by atoms with Crippen molar-refractivity contribution in [3.8, 4) is 11.6 Å². The summed E-state index contributed by atoms with van der Waals surface area (Å²) < 4.78 is 19.6. The van der Waals surface area contributed by atoms with Gasteiger partial charge in [-0.2, -0.15) is 5.10 Å². The molecule has 5 nitrogen and oxygen atoms in total. The normalized spacial score (nSPS) is 11.5. The third-order valence-corrected chi connectivity index (χ3v) is 3.03. The van der Waals surface area contributed by atoms with E-state index in [0.717, 1.165) is 0 Å². The van der Waals surface area contributed by atoms with E-state index in [1.54, 1.807) is 0 Å². The minimum absolute atomic E-state index is 0.0225. The third kappa shape index (κ3) is 2.74. The summed E-state index contributed by atoms with van der Waals surface area (Å²) >= 11 is 0. The Balaban J connectivity index is 2.72. The molecule has 0 atom stereocenters. The largest absolute Gasteiger partial charge is 0.480 e. The molecular formula is C15H17FN2O3. The minimum atomic E-state index is -1.11. The number of rotatable bonds is 3. The molecule has 0 unspecified atom stereocenters. The second-order valence-corrected chi connectivity index (χ2v) is 5.68. The van der Waals surface area contributed by atoms with E-state index in [2.05, 4.69) is 5.10 Å². The highest BCUT2D eigenvalue weighted by Gasteiger charge is 2.32. The fourth-order valence-electron chi connectivity index (χ4n) is 2.07. The van der Waals surface area contributed by atoms with E-state index in [-0.39, 0.29) is 17.3 Å². The van der Waals surface area contributed by atoms with Gasteiger partial charge in [0.15, 0.2) is 0 Å². The van der Waals surface area contributed by atoms with E-state index in [1.165, 1.54) is 36.1 Å². The highest BCUT2D eigenvalue weighted by Crippen LogP contribution is 2.33. The zero-order valence-corrected chi connectivity index (χ0v) is 12.3. The molecule has 0 aliphatic heterocycles. The van der Waals surface area contributed by atoms with Gasteiger partial charge in [-0.25, -0.2) is 13.9 Å². The van der Waals surface area contributed by atoms with E-state index >= 15 is 0 Å². The van der Waals surface area contributed by atoms with Gasteiger partial charge in [0.05, 0.1) is 18.5 Å². The molecule has 0 saturated carbocycles. The molecular weight excluding hydrogens is 275 g/mol. The van der Waals surface area contributed by atoms with Crippen molar-refractivity contribution in [3.63, 3.8) is 0 Å². The predicted molar refractivity (Wildman–Crippen MR) is 75.7 cm³/mol. The molecule has 0 aliphatic carbocycles. The summed E-state index contributed by atoms with van der Waals surface area (Å²) in [5, 5.41) is 13.8. The molecule has 1 N–H and O–H groups in total. The average Bonchev–Trinajstić information content (AvgIpc) is 2.79. The van der Waals surface area contributed by atoms with Crippen molar-refractivity contribution in [1.29, 1.82) is 0 Å². The number of nitrogens with zero attached hydrogens (tertiary/aromatic N) is 2. The maximum absolute atomic E-state index is 13.0. The molecule has 112 valence electrons. The molecule has 1 aromatic heterocycles. The Bertz CT molecular complexity index is 669. The first kappa shape index (κ1) is 15.0. The monoisotopic (exact) mass is 292 g/mol. The summed E-state index contributed by atoms with van der Waals surface area (Å²) in [6.45, 7) is 5.61. The lowest BCUT2D eigenvalue weighted by molar-refractivity contribution is 0.0690. The van der Waals surface area contributed by atoms with Crippen LogP contribution in [0.2, 0.25) is 0 Å². The number of ether oxygens (including phenoxy) is 1. The van der Waals surface area contributed by atoms with Gasteiger partial charge in [0, 0.05) is 5.41 Å². The number of halogens is 1. The van der Waals surface area contributed by atoms with E-state index in [9.17, 15) is 14.3 Å². The third-order valence-electron chi connectivity index (χ3n) is 3.03. The lowest BCUT2D eigenvalue weighted by Crippen LogP contribution is -2.16. The second-order valence-electron chi connectivity index (χ2n) is 5.68. The molecule has 2 rings (SSSR count). The van der Waals surface area contributed by atoms with Crippen molar-refractivity contribution in [2.24, 2.45) is 0 Å². The van der Waals surface area contributed by atoms with E-state index < -0.39 is 11.4 Å². The molecule has 0 radical (unpaired) electrons. The van der Waals surface area contributed by atoms with E-state index in [4.69, 9.17) is 4.74 Å². The molecule has 0 aliphatic rings. The topological polar surface area (TPSA) is 64.3 Å². The number of hydrogen-bond donors (Lipinski definition) is 1. The van der Waals surface area contributed by atoms with Crippen LogP contribution in [0.25, 0.3) is 5.69 Å². The first-order chi connectivity index (χ1) is 9.75. The summed E-state index contributed by atoms with van der Waals surface area (Å²) in [5.74, 6) is -1.36. The predicted octanol–water partition coefficient (Wildman–Crippen LogP) is 3.02. The molecule has 1 aromatic carbocycles. The van der Waals surface area contributed by atoms with Gasteiger partial charge in [0.2, 0.25) is 5.88 Å². The van der Waals surface area contributed by atoms with Crippen molar-refractivity contribution in [2.45, 2.75) is 26.2 Å². The summed E-state index contributed by atoms with van der Waals surface area (Å²) in [6, 6.07) is 5.60. The number of carboxylic acids is 1. The molecule has 0 bridgehead atoms. The minimum Gasteiger partial charge on any atom is -0.480 e. The Kier molecular flexibility index (Phi) is 3.72. The Morgan fingerprint density at radius 1 is 1.29 bits per heavy atom. The first-order valence-electron chi connectivity index (χ1n) is 6.42. The van der Waals surface area contributed by atoms with E-state index in [1.807, 2.05) is 20.8 Å². The van der Waals surface area contributed by atoms with Crippen LogP contribution < -0.4 is 4.74 Å². The Morgan fingerprint density at radius 3 is 2.29 bits per heavy atom. The van der Waals surface area contributed by atoms with Crippen molar-refractivity contribution in [1.82, 2.24) is 9.78 Å². The molecule has 1 heterocycles. The number of methoxy groups -OCH3 is 1. The number of aromatic carboxylic acids is 1. The van der Waals surface area contributed by atoms with Gasteiger partial charge in [0.25, 0.3) is 0 Å². The van der Waals surface area contributed by atoms with Crippen LogP contribution in [0.15, 0.2) is 24.3 Å². The van der Waals surface area contributed by atoms with Gasteiger partial charge in [-0.1, -0.05) is 20.8 Å². The number of hydrogen-bond acceptors (Lipinski definition) is 3. The van der Waals surface area contributed by atoms with Gasteiger partial charge in [0.1, 0.15) is 11.4 Å².